The van der Waals surface area contributed by atoms with Crippen LogP contribution < -0.4 is 4.72 Å². The van der Waals surface area contributed by atoms with Gasteiger partial charge >= 0.3 is 0 Å². The molecule has 1 saturated heterocycles. The van der Waals surface area contributed by atoms with Crippen LogP contribution in [0.25, 0.3) is 10.9 Å². The molecule has 120 valence electrons. The third kappa shape index (κ3) is 3.81. The number of nitrogens with one attached hydrogen (secondary N) is 2. The van der Waals surface area contributed by atoms with Gasteiger partial charge in [0.2, 0.25) is 10.0 Å². The minimum Gasteiger partial charge on any atom is -0.381 e. The van der Waals surface area contributed by atoms with Gasteiger partial charge in [0.1, 0.15) is 0 Å². The fourth-order valence-corrected chi connectivity index (χ4v) is 4.37. The Morgan fingerprint density at radius 1 is 1.41 bits per heavy atom. The van der Waals surface area contributed by atoms with Crippen molar-refractivity contribution in [2.45, 2.75) is 12.8 Å². The highest BCUT2D eigenvalue weighted by Gasteiger charge is 2.22. The van der Waals surface area contributed by atoms with Gasteiger partial charge in [-0.05, 0) is 42.5 Å². The molecular weight excluding hydrogens is 324 g/mol. The lowest BCUT2D eigenvalue weighted by atomic mass is 10.1. The summed E-state index contributed by atoms with van der Waals surface area (Å²) in [6, 6.07) is 5.65. The summed E-state index contributed by atoms with van der Waals surface area (Å²) in [7, 11) is -3.25. The van der Waals surface area contributed by atoms with Gasteiger partial charge in [0, 0.05) is 35.3 Å². The minimum atomic E-state index is -3.25. The second-order valence-electron chi connectivity index (χ2n) is 5.66. The van der Waals surface area contributed by atoms with E-state index in [4.69, 9.17) is 16.3 Å². The Bertz CT molecular complexity index is 751. The van der Waals surface area contributed by atoms with Crippen molar-refractivity contribution in [3.8, 4) is 0 Å². The van der Waals surface area contributed by atoms with Crippen LogP contribution in [-0.4, -0.2) is 38.9 Å². The maximum Gasteiger partial charge on any atom is 0.211 e. The summed E-state index contributed by atoms with van der Waals surface area (Å²) in [4.78, 5) is 3.17. The second kappa shape index (κ2) is 6.58. The van der Waals surface area contributed by atoms with Crippen LogP contribution in [0, 0.1) is 5.92 Å². The molecule has 2 heterocycles. The smallest absolute Gasteiger partial charge is 0.211 e. The van der Waals surface area contributed by atoms with Gasteiger partial charge in [-0.1, -0.05) is 11.6 Å². The molecule has 0 amide bonds. The maximum absolute atomic E-state index is 12.0. The first-order valence-corrected chi connectivity index (χ1v) is 9.37. The summed E-state index contributed by atoms with van der Waals surface area (Å²) in [5.41, 5.74) is 2.06. The molecule has 0 spiro atoms. The highest BCUT2D eigenvalue weighted by Crippen LogP contribution is 2.22. The van der Waals surface area contributed by atoms with E-state index in [1.54, 1.807) is 0 Å². The van der Waals surface area contributed by atoms with Crippen LogP contribution in [0.5, 0.6) is 0 Å². The molecule has 5 nitrogen and oxygen atoms in total. The van der Waals surface area contributed by atoms with Crippen LogP contribution in [0.2, 0.25) is 5.02 Å². The Morgan fingerprint density at radius 2 is 2.27 bits per heavy atom. The summed E-state index contributed by atoms with van der Waals surface area (Å²) in [5.74, 6) is 0.261. The largest absolute Gasteiger partial charge is 0.381 e. The normalized spacial score (nSPS) is 19.0. The number of fused-ring (bicyclic) bond motifs is 1. The lowest BCUT2D eigenvalue weighted by Crippen LogP contribution is -2.31. The Morgan fingerprint density at radius 3 is 3.05 bits per heavy atom. The van der Waals surface area contributed by atoms with Crippen LogP contribution in [0.3, 0.4) is 0 Å². The average Bonchev–Trinajstić information content (AvgIpc) is 3.08. The number of hydrogen-bond acceptors (Lipinski definition) is 3. The zero-order chi connectivity index (χ0) is 15.6. The number of ether oxygens (including phenoxy) is 1. The van der Waals surface area contributed by atoms with Gasteiger partial charge in [-0.15, -0.1) is 0 Å². The first-order chi connectivity index (χ1) is 10.5. The van der Waals surface area contributed by atoms with Crippen molar-refractivity contribution in [3.63, 3.8) is 0 Å². The quantitative estimate of drug-likeness (QED) is 0.846. The summed E-state index contributed by atoms with van der Waals surface area (Å²) >= 11 is 6.01. The van der Waals surface area contributed by atoms with E-state index < -0.39 is 10.0 Å². The van der Waals surface area contributed by atoms with Crippen LogP contribution in [-0.2, 0) is 21.2 Å². The Kier molecular flexibility index (Phi) is 4.73. The third-order valence-electron chi connectivity index (χ3n) is 3.92. The lowest BCUT2D eigenvalue weighted by molar-refractivity contribution is 0.188. The zero-order valence-electron chi connectivity index (χ0n) is 12.1. The number of sulfonamides is 1. The predicted octanol–water partition coefficient (Wildman–Crippen LogP) is 2.32. The van der Waals surface area contributed by atoms with Gasteiger partial charge in [0.25, 0.3) is 0 Å². The molecule has 7 heteroatoms. The van der Waals surface area contributed by atoms with Gasteiger partial charge in [0.05, 0.1) is 12.4 Å². The van der Waals surface area contributed by atoms with Crippen molar-refractivity contribution in [2.24, 2.45) is 5.92 Å². The molecule has 2 aromatic rings. The molecule has 1 aromatic carbocycles. The molecule has 3 rings (SSSR count). The maximum atomic E-state index is 12.0. The Balaban J connectivity index is 1.58. The number of halogens is 1. The molecule has 1 aliphatic rings. The molecule has 1 fully saturated rings. The highest BCUT2D eigenvalue weighted by atomic mass is 35.5. The van der Waals surface area contributed by atoms with E-state index >= 15 is 0 Å². The fraction of sp³-hybridized carbons (Fsp3) is 0.467. The van der Waals surface area contributed by atoms with Crippen LogP contribution in [0.15, 0.2) is 24.4 Å². The van der Waals surface area contributed by atoms with E-state index in [2.05, 4.69) is 9.71 Å². The topological polar surface area (TPSA) is 71.2 Å². The van der Waals surface area contributed by atoms with E-state index in [0.717, 1.165) is 22.9 Å². The lowest BCUT2D eigenvalue weighted by Gasteiger charge is -2.10. The Hall–Kier alpha value is -1.08. The van der Waals surface area contributed by atoms with Crippen molar-refractivity contribution in [3.05, 3.63) is 35.0 Å². The summed E-state index contributed by atoms with van der Waals surface area (Å²) < 4.78 is 32.0. The molecule has 2 N–H and O–H groups in total. The number of hydrogen-bond donors (Lipinski definition) is 2. The number of H-pyrrole nitrogens is 1. The van der Waals surface area contributed by atoms with Gasteiger partial charge in [0.15, 0.2) is 0 Å². The number of benzene rings is 1. The second-order valence-corrected chi connectivity index (χ2v) is 7.95. The average molecular weight is 343 g/mol. The summed E-state index contributed by atoms with van der Waals surface area (Å²) in [6.45, 7) is 1.59. The first-order valence-electron chi connectivity index (χ1n) is 7.34. The van der Waals surface area contributed by atoms with Crippen LogP contribution in [0.1, 0.15) is 12.0 Å². The van der Waals surface area contributed by atoms with E-state index in [1.807, 2.05) is 24.4 Å². The molecule has 22 heavy (non-hydrogen) atoms. The minimum absolute atomic E-state index is 0.115. The van der Waals surface area contributed by atoms with Crippen molar-refractivity contribution in [1.82, 2.24) is 9.71 Å². The van der Waals surface area contributed by atoms with E-state index in [1.165, 1.54) is 0 Å². The van der Waals surface area contributed by atoms with Gasteiger partial charge < -0.3 is 9.72 Å². The van der Waals surface area contributed by atoms with E-state index in [-0.39, 0.29) is 11.7 Å². The Labute approximate surface area is 135 Å². The highest BCUT2D eigenvalue weighted by molar-refractivity contribution is 7.89. The summed E-state index contributed by atoms with van der Waals surface area (Å²) in [6.07, 6.45) is 3.35. The number of rotatable bonds is 6. The standard InChI is InChI=1S/C15H19ClN2O3S/c16-13-1-2-15-14(7-13)12(8-17-15)3-5-18-22(19,20)10-11-4-6-21-9-11/h1-2,7-8,11,17-18H,3-6,9-10H2. The van der Waals surface area contributed by atoms with Gasteiger partial charge in [-0.25, -0.2) is 13.1 Å². The predicted molar refractivity (Wildman–Crippen MR) is 87.7 cm³/mol. The van der Waals surface area contributed by atoms with Crippen LogP contribution in [0.4, 0.5) is 0 Å². The first kappa shape index (κ1) is 15.8. The molecule has 0 bridgehead atoms. The molecular formula is C15H19ClN2O3S. The van der Waals surface area contributed by atoms with Crippen molar-refractivity contribution >= 4 is 32.5 Å². The van der Waals surface area contributed by atoms with Gasteiger partial charge in [-0.2, -0.15) is 0 Å². The van der Waals surface area contributed by atoms with Gasteiger partial charge in [-0.3, -0.25) is 0 Å². The monoisotopic (exact) mass is 342 g/mol. The van der Waals surface area contributed by atoms with Crippen molar-refractivity contribution < 1.29 is 13.2 Å². The van der Waals surface area contributed by atoms with E-state index in [9.17, 15) is 8.42 Å². The molecule has 1 aromatic heterocycles. The number of aromatic amines is 1. The van der Waals surface area contributed by atoms with Crippen molar-refractivity contribution in [2.75, 3.05) is 25.5 Å². The molecule has 1 unspecified atom stereocenters. The molecule has 0 radical (unpaired) electrons. The van der Waals surface area contributed by atoms with Crippen molar-refractivity contribution in [1.29, 1.82) is 0 Å². The SMILES string of the molecule is O=S(=O)(CC1CCOC1)NCCc1c[nH]c2ccc(Cl)cc12. The molecule has 1 aliphatic heterocycles. The van der Waals surface area contributed by atoms with Crippen LogP contribution >= 0.6 is 11.6 Å². The fourth-order valence-electron chi connectivity index (χ4n) is 2.78. The number of aromatic nitrogens is 1. The van der Waals surface area contributed by atoms with E-state index in [0.29, 0.717) is 31.2 Å². The molecule has 0 aliphatic carbocycles. The zero-order valence-corrected chi connectivity index (χ0v) is 13.7. The molecule has 0 saturated carbocycles. The summed E-state index contributed by atoms with van der Waals surface area (Å²) in [5, 5.41) is 1.71. The molecule has 1 atom stereocenters. The third-order valence-corrected chi connectivity index (χ3v) is 5.71.